The zero-order valence-corrected chi connectivity index (χ0v) is 21.1. The van der Waals surface area contributed by atoms with Crippen molar-refractivity contribution in [2.45, 2.75) is 71.4 Å². The number of aliphatic hydroxyl groups excluding tert-OH is 1. The van der Waals surface area contributed by atoms with Crippen molar-refractivity contribution < 1.29 is 5.11 Å². The summed E-state index contributed by atoms with van der Waals surface area (Å²) in [5, 5.41) is 10.6. The van der Waals surface area contributed by atoms with Crippen LogP contribution in [0, 0.1) is 24.7 Å². The number of fused-ring (bicyclic) bond motifs is 1. The molecule has 0 spiro atoms. The summed E-state index contributed by atoms with van der Waals surface area (Å²) in [6, 6.07) is 8.79. The predicted octanol–water partition coefficient (Wildman–Crippen LogP) is 6.28. The summed E-state index contributed by atoms with van der Waals surface area (Å²) in [4.78, 5) is 2.44. The van der Waals surface area contributed by atoms with Gasteiger partial charge in [0.2, 0.25) is 0 Å². The number of allylic oxidation sites excluding steroid dienone is 3. The molecule has 0 amide bonds. The van der Waals surface area contributed by atoms with Crippen LogP contribution in [0.15, 0.2) is 48.1 Å². The first-order chi connectivity index (χ1) is 14.7. The van der Waals surface area contributed by atoms with E-state index in [1.807, 2.05) is 0 Å². The van der Waals surface area contributed by atoms with Gasteiger partial charge in [-0.1, -0.05) is 53.6 Å². The monoisotopic (exact) mass is 441 g/mol. The minimum atomic E-state index is -0.162. The van der Waals surface area contributed by atoms with Gasteiger partial charge in [-0.2, -0.15) is 11.8 Å². The Morgan fingerprint density at radius 1 is 1.19 bits per heavy atom. The van der Waals surface area contributed by atoms with Gasteiger partial charge in [-0.25, -0.2) is 0 Å². The van der Waals surface area contributed by atoms with Gasteiger partial charge in [0.05, 0.1) is 6.10 Å². The van der Waals surface area contributed by atoms with Crippen molar-refractivity contribution in [3.8, 4) is 0 Å². The number of thioether (sulfide) groups is 1. The van der Waals surface area contributed by atoms with Gasteiger partial charge in [0.15, 0.2) is 0 Å². The van der Waals surface area contributed by atoms with Gasteiger partial charge in [0, 0.05) is 23.8 Å². The smallest absolute Gasteiger partial charge is 0.0611 e. The summed E-state index contributed by atoms with van der Waals surface area (Å²) in [5.41, 5.74) is 4.64. The van der Waals surface area contributed by atoms with E-state index in [1.165, 1.54) is 35.5 Å². The fraction of sp³-hybridized carbons (Fsp3) is 0.643. The summed E-state index contributed by atoms with van der Waals surface area (Å²) < 4.78 is 0. The third kappa shape index (κ3) is 7.23. The molecular formula is C28H43NOS. The maximum Gasteiger partial charge on any atom is 0.0611 e. The minimum absolute atomic E-state index is 0.162. The number of hydrogen-bond acceptors (Lipinski definition) is 3. The first-order valence-electron chi connectivity index (χ1n) is 12.1. The first-order valence-corrected chi connectivity index (χ1v) is 13.3. The number of aryl methyl sites for hydroxylation is 2. The fourth-order valence-corrected chi connectivity index (χ4v) is 6.02. The molecule has 3 heteroatoms. The number of nitrogens with zero attached hydrogens (tertiary/aromatic N) is 1. The Morgan fingerprint density at radius 2 is 2.00 bits per heavy atom. The molecule has 3 rings (SSSR count). The summed E-state index contributed by atoms with van der Waals surface area (Å²) in [6.45, 7) is 10.1. The third-order valence-corrected chi connectivity index (χ3v) is 8.24. The van der Waals surface area contributed by atoms with Crippen LogP contribution in [0.5, 0.6) is 0 Å². The van der Waals surface area contributed by atoms with E-state index in [1.54, 1.807) is 5.57 Å². The molecule has 31 heavy (non-hydrogen) atoms. The number of aliphatic hydroxyl groups is 1. The molecule has 1 aromatic rings. The Labute approximate surface area is 195 Å². The van der Waals surface area contributed by atoms with Crippen LogP contribution in [-0.4, -0.2) is 46.7 Å². The van der Waals surface area contributed by atoms with Gasteiger partial charge < -0.3 is 10.0 Å². The lowest BCUT2D eigenvalue weighted by molar-refractivity contribution is 0.141. The molecule has 0 radical (unpaired) electrons. The van der Waals surface area contributed by atoms with Gasteiger partial charge >= 0.3 is 0 Å². The van der Waals surface area contributed by atoms with Crippen LogP contribution in [0.3, 0.4) is 0 Å². The van der Waals surface area contributed by atoms with Crippen LogP contribution in [-0.2, 0) is 6.42 Å². The number of hydrogen-bond donors (Lipinski definition) is 1. The molecule has 2 aliphatic carbocycles. The highest BCUT2D eigenvalue weighted by Gasteiger charge is 2.43. The third-order valence-electron chi connectivity index (χ3n) is 7.27. The van der Waals surface area contributed by atoms with Crippen molar-refractivity contribution in [3.05, 3.63) is 59.2 Å². The summed E-state index contributed by atoms with van der Waals surface area (Å²) in [5.74, 6) is 3.98. The van der Waals surface area contributed by atoms with Crippen molar-refractivity contribution >= 4 is 11.8 Å². The molecule has 0 unspecified atom stereocenters. The Morgan fingerprint density at radius 3 is 2.74 bits per heavy atom. The zero-order chi connectivity index (χ0) is 22.4. The minimum Gasteiger partial charge on any atom is -0.392 e. The Kier molecular flexibility index (Phi) is 8.90. The van der Waals surface area contributed by atoms with E-state index in [0.29, 0.717) is 17.8 Å². The average Bonchev–Trinajstić information content (AvgIpc) is 3.21. The predicted molar refractivity (Wildman–Crippen MR) is 137 cm³/mol. The van der Waals surface area contributed by atoms with Crippen LogP contribution < -0.4 is 0 Å². The molecule has 0 saturated heterocycles. The highest BCUT2D eigenvalue weighted by Crippen LogP contribution is 2.48. The molecule has 0 aliphatic heterocycles. The van der Waals surface area contributed by atoms with Gasteiger partial charge in [-0.15, -0.1) is 0 Å². The largest absolute Gasteiger partial charge is 0.392 e. The highest BCUT2D eigenvalue weighted by molar-refractivity contribution is 7.99. The molecule has 0 bridgehead atoms. The molecule has 0 heterocycles. The lowest BCUT2D eigenvalue weighted by atomic mass is 9.89. The first kappa shape index (κ1) is 24.6. The van der Waals surface area contributed by atoms with E-state index < -0.39 is 0 Å². The zero-order valence-electron chi connectivity index (χ0n) is 20.3. The van der Waals surface area contributed by atoms with E-state index in [2.05, 4.69) is 93.9 Å². The lowest BCUT2D eigenvalue weighted by Crippen LogP contribution is -2.39. The molecule has 1 N–H and O–H groups in total. The normalized spacial score (nSPS) is 26.1. The van der Waals surface area contributed by atoms with Gasteiger partial charge in [0.25, 0.3) is 0 Å². The van der Waals surface area contributed by atoms with Gasteiger partial charge in [-0.3, -0.25) is 0 Å². The van der Waals surface area contributed by atoms with Crippen LogP contribution in [0.4, 0.5) is 0 Å². The van der Waals surface area contributed by atoms with E-state index >= 15 is 0 Å². The molecule has 1 saturated carbocycles. The molecule has 1 aromatic carbocycles. The lowest BCUT2D eigenvalue weighted by Gasteiger charge is -2.31. The Balaban J connectivity index is 1.38. The molecule has 4 atom stereocenters. The number of benzene rings is 1. The van der Waals surface area contributed by atoms with Crippen molar-refractivity contribution in [2.75, 3.05) is 25.1 Å². The van der Waals surface area contributed by atoms with E-state index in [-0.39, 0.29) is 11.6 Å². The van der Waals surface area contributed by atoms with Crippen molar-refractivity contribution in [2.24, 2.45) is 17.8 Å². The second-order valence-corrected chi connectivity index (χ2v) is 11.9. The Hall–Kier alpha value is -1.03. The molecule has 2 nitrogen and oxygen atoms in total. The molecule has 2 aliphatic rings. The molecular weight excluding hydrogens is 398 g/mol. The van der Waals surface area contributed by atoms with Gasteiger partial charge in [0.1, 0.15) is 0 Å². The second kappa shape index (κ2) is 11.2. The topological polar surface area (TPSA) is 23.5 Å². The highest BCUT2D eigenvalue weighted by atomic mass is 32.2. The van der Waals surface area contributed by atoms with Gasteiger partial charge in [-0.05, 0) is 90.0 Å². The van der Waals surface area contributed by atoms with Crippen LogP contribution in [0.25, 0.3) is 0 Å². The summed E-state index contributed by atoms with van der Waals surface area (Å²) >= 11 is 2.08. The standard InChI is InChI=1S/C28H43NOS/c1-21-9-8-11-22(17-21)10-6-7-12-25-26-19-23(18-24(26)20-27(25)30)13-15-31-16-14-29(5)28(2,3)4/h7-9,11-12,17-18,24-27,30H,6,10,13-16,19-20H2,1-5H3/t24-,25+,26-,27+/m0/s1. The van der Waals surface area contributed by atoms with Crippen LogP contribution >= 0.6 is 11.8 Å². The quantitative estimate of drug-likeness (QED) is 0.341. The van der Waals surface area contributed by atoms with Crippen molar-refractivity contribution in [1.82, 2.24) is 4.90 Å². The SMILES string of the molecule is Cc1cccc(CCC=C[C@@H]2[C@H]3CC(CCSCCN(C)C(C)(C)C)=C[C@H]3C[C@H]2O)c1. The second-order valence-electron chi connectivity index (χ2n) is 10.6. The van der Waals surface area contributed by atoms with Crippen molar-refractivity contribution in [3.63, 3.8) is 0 Å². The Bertz CT molecular complexity index is 763. The fourth-order valence-electron chi connectivity index (χ4n) is 5.00. The summed E-state index contributed by atoms with van der Waals surface area (Å²) in [6.07, 6.45) is 12.5. The molecule has 0 aromatic heterocycles. The van der Waals surface area contributed by atoms with Crippen LogP contribution in [0.2, 0.25) is 0 Å². The molecule has 1 fully saturated rings. The number of rotatable bonds is 10. The summed E-state index contributed by atoms with van der Waals surface area (Å²) in [7, 11) is 2.22. The van der Waals surface area contributed by atoms with Crippen LogP contribution in [0.1, 0.15) is 57.6 Å². The maximum absolute atomic E-state index is 10.6. The van der Waals surface area contributed by atoms with E-state index in [4.69, 9.17) is 0 Å². The molecule has 172 valence electrons. The van der Waals surface area contributed by atoms with E-state index in [0.717, 1.165) is 25.8 Å². The maximum atomic E-state index is 10.6. The van der Waals surface area contributed by atoms with E-state index in [9.17, 15) is 5.11 Å². The average molecular weight is 442 g/mol. The van der Waals surface area contributed by atoms with Crippen molar-refractivity contribution in [1.29, 1.82) is 0 Å².